The molecule has 114 valence electrons. The van der Waals surface area contributed by atoms with Crippen LogP contribution in [0.25, 0.3) is 21.3 Å². The minimum Gasteiger partial charge on any atom is -0.293 e. The lowest BCUT2D eigenvalue weighted by molar-refractivity contribution is 0.628. The van der Waals surface area contributed by atoms with Gasteiger partial charge in [-0.05, 0) is 29.1 Å². The number of hydrogen-bond donors (Lipinski definition) is 0. The molecule has 0 unspecified atom stereocenters. The molecule has 0 aliphatic carbocycles. The van der Waals surface area contributed by atoms with Crippen LogP contribution in [0.5, 0.6) is 0 Å². The van der Waals surface area contributed by atoms with Crippen molar-refractivity contribution < 1.29 is 4.39 Å². The number of nitrogens with zero attached hydrogens (tertiary/aromatic N) is 2. The van der Waals surface area contributed by atoms with Crippen LogP contribution in [0.15, 0.2) is 58.3 Å². The number of rotatable bonds is 3. The second kappa shape index (κ2) is 5.72. The first-order chi connectivity index (χ1) is 11.2. The fourth-order valence-corrected chi connectivity index (χ4v) is 4.10. The van der Waals surface area contributed by atoms with E-state index >= 15 is 0 Å². The van der Waals surface area contributed by atoms with Crippen LogP contribution in [0.2, 0.25) is 0 Å². The Morgan fingerprint density at radius 3 is 2.70 bits per heavy atom. The molecule has 0 atom stereocenters. The summed E-state index contributed by atoms with van der Waals surface area (Å²) in [4.78, 5) is 19.0. The van der Waals surface area contributed by atoms with Crippen molar-refractivity contribution in [3.05, 3.63) is 74.5 Å². The Balaban J connectivity index is 1.87. The third-order valence-corrected chi connectivity index (χ3v) is 5.37. The van der Waals surface area contributed by atoms with Crippen LogP contribution in [-0.4, -0.2) is 9.55 Å². The molecule has 3 nitrogen and oxygen atoms in total. The van der Waals surface area contributed by atoms with Crippen molar-refractivity contribution in [1.29, 1.82) is 0 Å². The zero-order chi connectivity index (χ0) is 15.8. The van der Waals surface area contributed by atoms with Gasteiger partial charge >= 0.3 is 0 Å². The molecule has 6 heteroatoms. The molecule has 0 aliphatic rings. The summed E-state index contributed by atoms with van der Waals surface area (Å²) in [6, 6.07) is 10.1. The Morgan fingerprint density at radius 2 is 1.96 bits per heavy atom. The number of thiophene rings is 2. The van der Waals surface area contributed by atoms with Crippen LogP contribution >= 0.6 is 22.7 Å². The second-order valence-electron chi connectivity index (χ2n) is 5.09. The van der Waals surface area contributed by atoms with Gasteiger partial charge in [-0.25, -0.2) is 9.37 Å². The molecule has 0 amide bonds. The number of benzene rings is 1. The van der Waals surface area contributed by atoms with Gasteiger partial charge < -0.3 is 0 Å². The number of hydrogen-bond acceptors (Lipinski definition) is 4. The average Bonchev–Trinajstić information content (AvgIpc) is 3.21. The maximum Gasteiger partial charge on any atom is 0.263 e. The molecule has 4 aromatic rings. The number of halogens is 1. The number of aromatic nitrogens is 2. The van der Waals surface area contributed by atoms with Gasteiger partial charge in [-0.15, -0.1) is 22.7 Å². The predicted molar refractivity (Wildman–Crippen MR) is 92.7 cm³/mol. The molecule has 1 aromatic carbocycles. The predicted octanol–water partition coefficient (Wildman–Crippen LogP) is 4.37. The van der Waals surface area contributed by atoms with Crippen molar-refractivity contribution in [2.24, 2.45) is 0 Å². The summed E-state index contributed by atoms with van der Waals surface area (Å²) in [6.45, 7) is 0.512. The molecule has 3 aromatic heterocycles. The van der Waals surface area contributed by atoms with E-state index in [9.17, 15) is 9.18 Å². The summed E-state index contributed by atoms with van der Waals surface area (Å²) in [5.74, 6) is -0.290. The van der Waals surface area contributed by atoms with Crippen LogP contribution in [-0.2, 0) is 6.54 Å². The average molecular weight is 342 g/mol. The minimum atomic E-state index is -0.290. The van der Waals surface area contributed by atoms with E-state index in [1.807, 2.05) is 22.9 Å². The highest BCUT2D eigenvalue weighted by atomic mass is 32.1. The van der Waals surface area contributed by atoms with E-state index in [4.69, 9.17) is 0 Å². The monoisotopic (exact) mass is 342 g/mol. The molecular formula is C17H11FN2OS2. The smallest absolute Gasteiger partial charge is 0.263 e. The van der Waals surface area contributed by atoms with Crippen molar-refractivity contribution >= 4 is 32.9 Å². The quantitative estimate of drug-likeness (QED) is 0.554. The summed E-state index contributed by atoms with van der Waals surface area (Å²) in [7, 11) is 0. The lowest BCUT2D eigenvalue weighted by Crippen LogP contribution is -2.20. The summed E-state index contributed by atoms with van der Waals surface area (Å²) < 4.78 is 14.7. The van der Waals surface area contributed by atoms with Crippen molar-refractivity contribution in [3.63, 3.8) is 0 Å². The summed E-state index contributed by atoms with van der Waals surface area (Å²) >= 11 is 3.04. The van der Waals surface area contributed by atoms with E-state index in [0.29, 0.717) is 16.8 Å². The van der Waals surface area contributed by atoms with Gasteiger partial charge in [0.2, 0.25) is 0 Å². The maximum atomic E-state index is 13.1. The highest BCUT2D eigenvalue weighted by Crippen LogP contribution is 2.30. The third kappa shape index (κ3) is 2.60. The maximum absolute atomic E-state index is 13.1. The molecule has 4 rings (SSSR count). The fourth-order valence-electron chi connectivity index (χ4n) is 2.49. The van der Waals surface area contributed by atoms with E-state index in [-0.39, 0.29) is 11.4 Å². The second-order valence-corrected chi connectivity index (χ2v) is 6.98. The van der Waals surface area contributed by atoms with E-state index in [0.717, 1.165) is 16.0 Å². The first-order valence-electron chi connectivity index (χ1n) is 6.97. The zero-order valence-corrected chi connectivity index (χ0v) is 13.5. The molecular weight excluding hydrogens is 331 g/mol. The SMILES string of the molecule is O=c1c2c(-c3ccc(F)cc3)csc2ncn1Cc1cccs1. The molecule has 23 heavy (non-hydrogen) atoms. The van der Waals surface area contributed by atoms with Crippen molar-refractivity contribution in [1.82, 2.24) is 9.55 Å². The van der Waals surface area contributed by atoms with Gasteiger partial charge in [0.1, 0.15) is 10.6 Å². The summed E-state index contributed by atoms with van der Waals surface area (Å²) in [6.07, 6.45) is 1.59. The van der Waals surface area contributed by atoms with Gasteiger partial charge in [0.25, 0.3) is 5.56 Å². The normalized spacial score (nSPS) is 11.2. The van der Waals surface area contributed by atoms with E-state index in [1.54, 1.807) is 34.4 Å². The molecule has 0 aliphatic heterocycles. The van der Waals surface area contributed by atoms with Gasteiger partial charge in [-0.1, -0.05) is 18.2 Å². The van der Waals surface area contributed by atoms with Crippen molar-refractivity contribution in [2.45, 2.75) is 6.54 Å². The van der Waals surface area contributed by atoms with Gasteiger partial charge in [-0.3, -0.25) is 9.36 Å². The van der Waals surface area contributed by atoms with Crippen molar-refractivity contribution in [2.75, 3.05) is 0 Å². The van der Waals surface area contributed by atoms with Crippen molar-refractivity contribution in [3.8, 4) is 11.1 Å². The standard InChI is InChI=1S/C17H11FN2OS2/c18-12-5-3-11(4-6-12)14-9-23-16-15(14)17(21)20(10-19-16)8-13-2-1-7-22-13/h1-7,9-10H,8H2. The Kier molecular flexibility index (Phi) is 3.55. The highest BCUT2D eigenvalue weighted by Gasteiger charge is 2.13. The zero-order valence-electron chi connectivity index (χ0n) is 11.9. The van der Waals surface area contributed by atoms with Gasteiger partial charge in [0.15, 0.2) is 0 Å². The third-order valence-electron chi connectivity index (χ3n) is 3.62. The van der Waals surface area contributed by atoms with Gasteiger partial charge in [0.05, 0.1) is 18.3 Å². The lowest BCUT2D eigenvalue weighted by atomic mass is 10.1. The van der Waals surface area contributed by atoms with Crippen LogP contribution in [0.3, 0.4) is 0 Å². The minimum absolute atomic E-state index is 0.0658. The Morgan fingerprint density at radius 1 is 1.13 bits per heavy atom. The first-order valence-corrected chi connectivity index (χ1v) is 8.73. The summed E-state index contributed by atoms with van der Waals surface area (Å²) in [5.41, 5.74) is 1.57. The molecule has 0 N–H and O–H groups in total. The molecule has 0 saturated heterocycles. The van der Waals surface area contributed by atoms with Gasteiger partial charge in [-0.2, -0.15) is 0 Å². The molecule has 0 radical (unpaired) electrons. The highest BCUT2D eigenvalue weighted by molar-refractivity contribution is 7.17. The topological polar surface area (TPSA) is 34.9 Å². The van der Waals surface area contributed by atoms with Crippen LogP contribution in [0.1, 0.15) is 4.88 Å². The van der Waals surface area contributed by atoms with Gasteiger partial charge in [0, 0.05) is 15.8 Å². The molecule has 3 heterocycles. The number of fused-ring (bicyclic) bond motifs is 1. The van der Waals surface area contributed by atoms with E-state index < -0.39 is 0 Å². The van der Waals surface area contributed by atoms with E-state index in [1.165, 1.54) is 23.5 Å². The van der Waals surface area contributed by atoms with Crippen LogP contribution < -0.4 is 5.56 Å². The van der Waals surface area contributed by atoms with Crippen LogP contribution in [0, 0.1) is 5.82 Å². The molecule has 0 fully saturated rings. The summed E-state index contributed by atoms with van der Waals surface area (Å²) in [5, 5.41) is 4.49. The molecule has 0 bridgehead atoms. The molecule has 0 spiro atoms. The Hall–Kier alpha value is -2.31. The van der Waals surface area contributed by atoms with Crippen LogP contribution in [0.4, 0.5) is 4.39 Å². The Bertz CT molecular complexity index is 1020. The Labute approximate surface area is 139 Å². The lowest BCUT2D eigenvalue weighted by Gasteiger charge is -2.05. The first kappa shape index (κ1) is 14.3. The largest absolute Gasteiger partial charge is 0.293 e. The molecule has 0 saturated carbocycles. The van der Waals surface area contributed by atoms with E-state index in [2.05, 4.69) is 4.98 Å². The fraction of sp³-hybridized carbons (Fsp3) is 0.0588.